The van der Waals surface area contributed by atoms with Crippen LogP contribution in [0.25, 0.3) is 0 Å². The van der Waals surface area contributed by atoms with Gasteiger partial charge in [-0.1, -0.05) is 19.1 Å². The van der Waals surface area contributed by atoms with E-state index in [1.165, 1.54) is 24.3 Å². The van der Waals surface area contributed by atoms with Crippen LogP contribution in [0.3, 0.4) is 0 Å². The number of carbonyl (C=O) groups excluding carboxylic acids is 4. The summed E-state index contributed by atoms with van der Waals surface area (Å²) < 4.78 is 28.8. The number of hydrogen-bond donors (Lipinski definition) is 2. The summed E-state index contributed by atoms with van der Waals surface area (Å²) in [7, 11) is -3.98. The van der Waals surface area contributed by atoms with Gasteiger partial charge < -0.3 is 0 Å². The lowest BCUT2D eigenvalue weighted by atomic mass is 10.0. The molecule has 1 fully saturated rings. The van der Waals surface area contributed by atoms with Gasteiger partial charge in [-0.15, -0.1) is 0 Å². The number of benzene rings is 2. The number of hydrogen-bond acceptors (Lipinski definition) is 6. The van der Waals surface area contributed by atoms with Gasteiger partial charge in [-0.05, 0) is 58.6 Å². The van der Waals surface area contributed by atoms with Crippen LogP contribution < -0.4 is 10.0 Å². The number of halogens is 1. The van der Waals surface area contributed by atoms with E-state index in [-0.39, 0.29) is 34.6 Å². The van der Waals surface area contributed by atoms with Crippen molar-refractivity contribution in [2.24, 2.45) is 0 Å². The molecule has 4 rings (SSSR count). The standard InChI is InChI=1S/C21H18BrN3O6S/c1-2-11-4-3-5-16(18(11)22)32(30,31)24-12-6-7-13-14(10-12)21(29)25(20(13)28)15-8-9-17(26)23-19(15)27/h3-7,10,15,24H,2,8-9H2,1H3,(H,23,26,27). The smallest absolute Gasteiger partial charge is 0.263 e. The summed E-state index contributed by atoms with van der Waals surface area (Å²) in [6, 6.07) is 7.82. The molecule has 11 heteroatoms. The van der Waals surface area contributed by atoms with E-state index in [9.17, 15) is 27.6 Å². The second-order valence-corrected chi connectivity index (χ2v) is 9.84. The Balaban J connectivity index is 1.63. The number of anilines is 1. The monoisotopic (exact) mass is 519 g/mol. The van der Waals surface area contributed by atoms with Crippen molar-refractivity contribution < 1.29 is 27.6 Å². The van der Waals surface area contributed by atoms with E-state index in [4.69, 9.17) is 0 Å². The summed E-state index contributed by atoms with van der Waals surface area (Å²) in [6.07, 6.45) is 0.688. The van der Waals surface area contributed by atoms with E-state index in [2.05, 4.69) is 26.0 Å². The molecule has 4 amide bonds. The third-order valence-corrected chi connectivity index (χ3v) is 8.03. The fourth-order valence-corrected chi connectivity index (χ4v) is 6.14. The Morgan fingerprint density at radius 3 is 2.50 bits per heavy atom. The van der Waals surface area contributed by atoms with Gasteiger partial charge in [0.15, 0.2) is 0 Å². The van der Waals surface area contributed by atoms with Crippen LogP contribution in [-0.2, 0) is 26.0 Å². The molecule has 0 saturated carbocycles. The molecule has 2 aromatic carbocycles. The minimum Gasteiger partial charge on any atom is -0.295 e. The molecule has 0 aliphatic carbocycles. The molecule has 2 N–H and O–H groups in total. The van der Waals surface area contributed by atoms with E-state index in [0.29, 0.717) is 10.9 Å². The van der Waals surface area contributed by atoms with Crippen LogP contribution in [0.5, 0.6) is 0 Å². The number of nitrogens with zero attached hydrogens (tertiary/aromatic N) is 1. The van der Waals surface area contributed by atoms with E-state index in [0.717, 1.165) is 10.5 Å². The highest BCUT2D eigenvalue weighted by Crippen LogP contribution is 2.32. The van der Waals surface area contributed by atoms with Crippen molar-refractivity contribution in [2.45, 2.75) is 37.1 Å². The van der Waals surface area contributed by atoms with E-state index < -0.39 is 39.7 Å². The number of imide groups is 2. The molecular weight excluding hydrogens is 502 g/mol. The summed E-state index contributed by atoms with van der Waals surface area (Å²) in [5, 5.41) is 2.13. The lowest BCUT2D eigenvalue weighted by Crippen LogP contribution is -2.54. The largest absolute Gasteiger partial charge is 0.295 e. The predicted molar refractivity (Wildman–Crippen MR) is 117 cm³/mol. The summed E-state index contributed by atoms with van der Waals surface area (Å²) in [5.74, 6) is -2.54. The highest BCUT2D eigenvalue weighted by molar-refractivity contribution is 9.10. The Hall–Kier alpha value is -3.05. The molecule has 166 valence electrons. The zero-order valence-corrected chi connectivity index (χ0v) is 19.2. The van der Waals surface area contributed by atoms with Crippen LogP contribution in [0.1, 0.15) is 46.0 Å². The fraction of sp³-hybridized carbons (Fsp3) is 0.238. The first-order chi connectivity index (χ1) is 15.1. The van der Waals surface area contributed by atoms with Crippen molar-refractivity contribution in [3.8, 4) is 0 Å². The summed E-state index contributed by atoms with van der Waals surface area (Å²) >= 11 is 3.33. The van der Waals surface area contributed by atoms with Crippen LogP contribution in [0.2, 0.25) is 0 Å². The molecule has 0 bridgehead atoms. The average Bonchev–Trinajstić information content (AvgIpc) is 2.98. The number of sulfonamides is 1. The first-order valence-corrected chi connectivity index (χ1v) is 12.1. The molecule has 1 atom stereocenters. The molecule has 2 heterocycles. The number of fused-ring (bicyclic) bond motifs is 1. The Bertz CT molecular complexity index is 1290. The SMILES string of the molecule is CCc1cccc(S(=O)(=O)Nc2ccc3c(c2)C(=O)N(C2CCC(=O)NC2=O)C3=O)c1Br. The van der Waals surface area contributed by atoms with E-state index in [1.807, 2.05) is 13.0 Å². The van der Waals surface area contributed by atoms with Crippen molar-refractivity contribution in [2.75, 3.05) is 4.72 Å². The fourth-order valence-electron chi connectivity index (χ4n) is 3.78. The minimum absolute atomic E-state index is 0.0127. The Morgan fingerprint density at radius 1 is 1.09 bits per heavy atom. The molecule has 9 nitrogen and oxygen atoms in total. The van der Waals surface area contributed by atoms with Gasteiger partial charge in [0.05, 0.1) is 11.1 Å². The molecule has 0 radical (unpaired) electrons. The maximum absolute atomic E-state index is 12.9. The van der Waals surface area contributed by atoms with Crippen LogP contribution in [0.4, 0.5) is 5.69 Å². The van der Waals surface area contributed by atoms with Gasteiger partial charge in [0.25, 0.3) is 21.8 Å². The van der Waals surface area contributed by atoms with Gasteiger partial charge in [0.2, 0.25) is 11.8 Å². The number of rotatable bonds is 5. The van der Waals surface area contributed by atoms with Crippen molar-refractivity contribution >= 4 is 55.3 Å². The average molecular weight is 520 g/mol. The third-order valence-electron chi connectivity index (χ3n) is 5.41. The summed E-state index contributed by atoms with van der Waals surface area (Å²) in [4.78, 5) is 50.1. The highest BCUT2D eigenvalue weighted by atomic mass is 79.9. The molecule has 2 aliphatic rings. The number of piperidine rings is 1. The number of carbonyl (C=O) groups is 4. The van der Waals surface area contributed by atoms with Gasteiger partial charge in [-0.25, -0.2) is 8.42 Å². The van der Waals surface area contributed by atoms with Gasteiger partial charge >= 0.3 is 0 Å². The molecule has 1 saturated heterocycles. The van der Waals surface area contributed by atoms with Crippen molar-refractivity contribution in [3.63, 3.8) is 0 Å². The van der Waals surface area contributed by atoms with Crippen LogP contribution in [0.15, 0.2) is 45.8 Å². The molecule has 0 aromatic heterocycles. The Labute approximate surface area is 192 Å². The summed E-state index contributed by atoms with van der Waals surface area (Å²) in [6.45, 7) is 1.90. The normalized spacial score (nSPS) is 18.6. The van der Waals surface area contributed by atoms with Crippen LogP contribution in [-0.4, -0.2) is 43.0 Å². The molecule has 1 unspecified atom stereocenters. The summed E-state index contributed by atoms with van der Waals surface area (Å²) in [5.41, 5.74) is 0.976. The van der Waals surface area contributed by atoms with Gasteiger partial charge in [-0.2, -0.15) is 0 Å². The third kappa shape index (κ3) is 3.71. The van der Waals surface area contributed by atoms with Crippen LogP contribution >= 0.6 is 15.9 Å². The molecule has 0 spiro atoms. The van der Waals surface area contributed by atoms with E-state index in [1.54, 1.807) is 6.07 Å². The topological polar surface area (TPSA) is 130 Å². The van der Waals surface area contributed by atoms with Gasteiger partial charge in [0.1, 0.15) is 10.9 Å². The number of nitrogens with one attached hydrogen (secondary N) is 2. The first kappa shape index (κ1) is 22.2. The predicted octanol–water partition coefficient (Wildman–Crippen LogP) is 2.21. The zero-order chi connectivity index (χ0) is 23.2. The van der Waals surface area contributed by atoms with Crippen molar-refractivity contribution in [3.05, 3.63) is 57.6 Å². The van der Waals surface area contributed by atoms with Crippen LogP contribution in [0, 0.1) is 0 Å². The van der Waals surface area contributed by atoms with Crippen molar-refractivity contribution in [1.29, 1.82) is 0 Å². The Morgan fingerprint density at radius 2 is 1.81 bits per heavy atom. The first-order valence-electron chi connectivity index (χ1n) is 9.80. The zero-order valence-electron chi connectivity index (χ0n) is 16.8. The lowest BCUT2D eigenvalue weighted by Gasteiger charge is -2.27. The van der Waals surface area contributed by atoms with Gasteiger partial charge in [0, 0.05) is 16.6 Å². The van der Waals surface area contributed by atoms with E-state index >= 15 is 0 Å². The maximum Gasteiger partial charge on any atom is 0.263 e. The lowest BCUT2D eigenvalue weighted by molar-refractivity contribution is -0.136. The number of amides is 4. The number of aryl methyl sites for hydroxylation is 1. The molecule has 32 heavy (non-hydrogen) atoms. The maximum atomic E-state index is 12.9. The van der Waals surface area contributed by atoms with Gasteiger partial charge in [-0.3, -0.25) is 34.1 Å². The molecule has 2 aromatic rings. The van der Waals surface area contributed by atoms with Crippen molar-refractivity contribution in [1.82, 2.24) is 10.2 Å². The minimum atomic E-state index is -3.98. The molecular formula is C21H18BrN3O6S. The highest BCUT2D eigenvalue weighted by Gasteiger charge is 2.44. The Kier molecular flexibility index (Phi) is 5.63. The molecule has 2 aliphatic heterocycles. The second kappa shape index (κ2) is 8.14. The second-order valence-electron chi connectivity index (χ2n) is 7.40. The quantitative estimate of drug-likeness (QED) is 0.582.